The van der Waals surface area contributed by atoms with Gasteiger partial charge in [0.2, 0.25) is 5.91 Å². The molecule has 1 unspecified atom stereocenters. The van der Waals surface area contributed by atoms with E-state index in [1.165, 1.54) is 17.8 Å². The third-order valence-electron chi connectivity index (χ3n) is 4.95. The Hall–Kier alpha value is -2.48. The zero-order valence-corrected chi connectivity index (χ0v) is 17.8. The van der Waals surface area contributed by atoms with Gasteiger partial charge in [-0.25, -0.2) is 4.98 Å². The molecule has 3 aromatic rings. The van der Waals surface area contributed by atoms with Gasteiger partial charge in [0.15, 0.2) is 5.16 Å². The monoisotopic (exact) mass is 435 g/mol. The SMILES string of the molecule is CC(C)C(C)NC(=O)CSc1nc2cc(C(F)(F)F)ccc2n1Cc1ccccc1. The summed E-state index contributed by atoms with van der Waals surface area (Å²) in [6.45, 7) is 6.44. The van der Waals surface area contributed by atoms with Crippen molar-refractivity contribution in [3.8, 4) is 0 Å². The number of carbonyl (C=O) groups is 1. The van der Waals surface area contributed by atoms with Crippen molar-refractivity contribution in [1.82, 2.24) is 14.9 Å². The lowest BCUT2D eigenvalue weighted by atomic mass is 10.1. The lowest BCUT2D eigenvalue weighted by molar-refractivity contribution is -0.137. The van der Waals surface area contributed by atoms with Crippen molar-refractivity contribution in [2.45, 2.75) is 44.7 Å². The van der Waals surface area contributed by atoms with Gasteiger partial charge in [0.05, 0.1) is 28.9 Å². The van der Waals surface area contributed by atoms with Gasteiger partial charge in [-0.1, -0.05) is 55.9 Å². The standard InChI is InChI=1S/C22H24F3N3OS/c1-14(2)15(3)26-20(29)13-30-21-27-18-11-17(22(23,24)25)9-10-19(18)28(21)12-16-7-5-4-6-8-16/h4-11,14-15H,12-13H2,1-3H3,(H,26,29). The van der Waals surface area contributed by atoms with Gasteiger partial charge in [-0.3, -0.25) is 4.79 Å². The van der Waals surface area contributed by atoms with Crippen LogP contribution in [0.15, 0.2) is 53.7 Å². The second-order valence-electron chi connectivity index (χ2n) is 7.56. The Morgan fingerprint density at radius 1 is 1.13 bits per heavy atom. The molecular weight excluding hydrogens is 411 g/mol. The maximum atomic E-state index is 13.1. The lowest BCUT2D eigenvalue weighted by Gasteiger charge is -2.17. The summed E-state index contributed by atoms with van der Waals surface area (Å²) in [6.07, 6.45) is -4.43. The molecule has 0 aliphatic carbocycles. The highest BCUT2D eigenvalue weighted by atomic mass is 32.2. The molecular formula is C22H24F3N3OS. The summed E-state index contributed by atoms with van der Waals surface area (Å²) >= 11 is 1.23. The molecule has 0 spiro atoms. The molecule has 1 N–H and O–H groups in total. The number of rotatable bonds is 7. The molecule has 1 amide bonds. The number of imidazole rings is 1. The minimum atomic E-state index is -4.43. The van der Waals surface area contributed by atoms with Gasteiger partial charge in [-0.05, 0) is 36.6 Å². The van der Waals surface area contributed by atoms with Crippen molar-refractivity contribution in [3.63, 3.8) is 0 Å². The molecule has 0 saturated carbocycles. The molecule has 0 aliphatic heterocycles. The third kappa shape index (κ3) is 5.36. The lowest BCUT2D eigenvalue weighted by Crippen LogP contribution is -2.37. The number of carbonyl (C=O) groups excluding carboxylic acids is 1. The first kappa shape index (κ1) is 22.2. The topological polar surface area (TPSA) is 46.9 Å². The van der Waals surface area contributed by atoms with E-state index in [4.69, 9.17) is 0 Å². The van der Waals surface area contributed by atoms with E-state index in [0.717, 1.165) is 17.7 Å². The van der Waals surface area contributed by atoms with Crippen LogP contribution in [-0.2, 0) is 17.5 Å². The normalized spacial score (nSPS) is 13.0. The van der Waals surface area contributed by atoms with Crippen LogP contribution in [0, 0.1) is 5.92 Å². The predicted octanol–water partition coefficient (Wildman–Crippen LogP) is 5.36. The molecule has 0 aliphatic rings. The number of alkyl halides is 3. The average Bonchev–Trinajstić information content (AvgIpc) is 3.03. The fourth-order valence-corrected chi connectivity index (χ4v) is 3.73. The third-order valence-corrected chi connectivity index (χ3v) is 5.92. The number of nitrogens with one attached hydrogen (secondary N) is 1. The largest absolute Gasteiger partial charge is 0.416 e. The van der Waals surface area contributed by atoms with Gasteiger partial charge < -0.3 is 9.88 Å². The van der Waals surface area contributed by atoms with Crippen LogP contribution in [0.25, 0.3) is 11.0 Å². The van der Waals surface area contributed by atoms with E-state index in [1.54, 1.807) is 0 Å². The summed E-state index contributed by atoms with van der Waals surface area (Å²) in [5.74, 6) is 0.319. The highest BCUT2D eigenvalue weighted by Gasteiger charge is 2.31. The maximum absolute atomic E-state index is 13.1. The Balaban J connectivity index is 1.90. The molecule has 3 rings (SSSR count). The molecule has 8 heteroatoms. The molecule has 0 radical (unpaired) electrons. The minimum absolute atomic E-state index is 0.0376. The van der Waals surface area contributed by atoms with E-state index in [1.807, 2.05) is 55.7 Å². The summed E-state index contributed by atoms with van der Waals surface area (Å²) in [6, 6.07) is 13.2. The molecule has 160 valence electrons. The number of amides is 1. The first-order chi connectivity index (χ1) is 14.1. The second kappa shape index (κ2) is 9.12. The summed E-state index contributed by atoms with van der Waals surface area (Å²) in [7, 11) is 0. The zero-order valence-electron chi connectivity index (χ0n) is 17.0. The number of hydrogen-bond acceptors (Lipinski definition) is 3. The summed E-state index contributed by atoms with van der Waals surface area (Å²) in [5, 5.41) is 3.45. The van der Waals surface area contributed by atoms with Crippen LogP contribution in [0.2, 0.25) is 0 Å². The van der Waals surface area contributed by atoms with Crippen molar-refractivity contribution in [1.29, 1.82) is 0 Å². The van der Waals surface area contributed by atoms with Crippen molar-refractivity contribution in [2.75, 3.05) is 5.75 Å². The fraction of sp³-hybridized carbons (Fsp3) is 0.364. The van der Waals surface area contributed by atoms with Crippen LogP contribution >= 0.6 is 11.8 Å². The molecule has 2 aromatic carbocycles. The molecule has 0 bridgehead atoms. The molecule has 0 fully saturated rings. The number of hydrogen-bond donors (Lipinski definition) is 1. The highest BCUT2D eigenvalue weighted by Crippen LogP contribution is 2.33. The van der Waals surface area contributed by atoms with Gasteiger partial charge in [-0.15, -0.1) is 0 Å². The van der Waals surface area contributed by atoms with E-state index in [2.05, 4.69) is 10.3 Å². The summed E-state index contributed by atoms with van der Waals surface area (Å²) < 4.78 is 41.2. The Labute approximate surface area is 177 Å². The number of benzene rings is 2. The smallest absolute Gasteiger partial charge is 0.353 e. The van der Waals surface area contributed by atoms with E-state index < -0.39 is 11.7 Å². The Bertz CT molecular complexity index is 1020. The van der Waals surface area contributed by atoms with Crippen molar-refractivity contribution in [2.24, 2.45) is 5.92 Å². The molecule has 0 saturated heterocycles. The van der Waals surface area contributed by atoms with E-state index in [0.29, 0.717) is 23.1 Å². The number of fused-ring (bicyclic) bond motifs is 1. The van der Waals surface area contributed by atoms with Crippen molar-refractivity contribution < 1.29 is 18.0 Å². The Morgan fingerprint density at radius 3 is 2.47 bits per heavy atom. The van der Waals surface area contributed by atoms with Gasteiger partial charge in [-0.2, -0.15) is 13.2 Å². The number of aromatic nitrogens is 2. The number of thioether (sulfide) groups is 1. The average molecular weight is 436 g/mol. The van der Waals surface area contributed by atoms with Gasteiger partial charge in [0, 0.05) is 6.04 Å². The van der Waals surface area contributed by atoms with Gasteiger partial charge in [0.25, 0.3) is 0 Å². The van der Waals surface area contributed by atoms with Crippen LogP contribution in [0.3, 0.4) is 0 Å². The second-order valence-corrected chi connectivity index (χ2v) is 8.50. The Kier molecular flexibility index (Phi) is 6.75. The molecule has 4 nitrogen and oxygen atoms in total. The van der Waals surface area contributed by atoms with Gasteiger partial charge in [0.1, 0.15) is 0 Å². The predicted molar refractivity (Wildman–Crippen MR) is 113 cm³/mol. The zero-order chi connectivity index (χ0) is 21.9. The highest BCUT2D eigenvalue weighted by molar-refractivity contribution is 7.99. The minimum Gasteiger partial charge on any atom is -0.353 e. The molecule has 1 atom stereocenters. The number of halogens is 3. The quantitative estimate of drug-likeness (QED) is 0.509. The van der Waals surface area contributed by atoms with Crippen molar-refractivity contribution >= 4 is 28.7 Å². The molecule has 1 aromatic heterocycles. The fourth-order valence-electron chi connectivity index (χ4n) is 2.91. The first-order valence-electron chi connectivity index (χ1n) is 9.68. The van der Waals surface area contributed by atoms with E-state index >= 15 is 0 Å². The first-order valence-corrected chi connectivity index (χ1v) is 10.7. The van der Waals surface area contributed by atoms with E-state index in [-0.39, 0.29) is 23.2 Å². The Morgan fingerprint density at radius 2 is 1.83 bits per heavy atom. The van der Waals surface area contributed by atoms with Crippen molar-refractivity contribution in [3.05, 3.63) is 59.7 Å². The van der Waals surface area contributed by atoms with Crippen LogP contribution in [0.5, 0.6) is 0 Å². The van der Waals surface area contributed by atoms with E-state index in [9.17, 15) is 18.0 Å². The van der Waals surface area contributed by atoms with Crippen LogP contribution in [0.4, 0.5) is 13.2 Å². The van der Waals surface area contributed by atoms with Crippen LogP contribution < -0.4 is 5.32 Å². The van der Waals surface area contributed by atoms with Crippen LogP contribution in [-0.4, -0.2) is 27.3 Å². The van der Waals surface area contributed by atoms with Gasteiger partial charge >= 0.3 is 6.18 Å². The maximum Gasteiger partial charge on any atom is 0.416 e. The number of nitrogens with zero attached hydrogens (tertiary/aromatic N) is 2. The van der Waals surface area contributed by atoms with Crippen LogP contribution in [0.1, 0.15) is 31.9 Å². The molecule has 30 heavy (non-hydrogen) atoms. The molecule has 1 heterocycles. The summed E-state index contributed by atoms with van der Waals surface area (Å²) in [5.41, 5.74) is 1.13. The summed E-state index contributed by atoms with van der Waals surface area (Å²) in [4.78, 5) is 16.7.